The summed E-state index contributed by atoms with van der Waals surface area (Å²) in [6.45, 7) is 3.57. The van der Waals surface area contributed by atoms with Gasteiger partial charge in [-0.3, -0.25) is 0 Å². The smallest absolute Gasteiger partial charge is 0.242 e. The second-order valence-electron chi connectivity index (χ2n) is 4.25. The van der Waals surface area contributed by atoms with Crippen LogP contribution in [-0.4, -0.2) is 47.0 Å². The first-order valence-corrected chi connectivity index (χ1v) is 5.92. The van der Waals surface area contributed by atoms with E-state index in [4.69, 9.17) is 15.2 Å². The van der Waals surface area contributed by atoms with Crippen LogP contribution < -0.4 is 15.8 Å². The number of nitrogens with one attached hydrogen (secondary N) is 1. The van der Waals surface area contributed by atoms with E-state index < -0.39 is 5.60 Å². The number of hydrogen-bond acceptors (Lipinski definition) is 7. The van der Waals surface area contributed by atoms with Gasteiger partial charge in [-0.2, -0.15) is 4.98 Å². The number of rotatable bonds is 5. The summed E-state index contributed by atoms with van der Waals surface area (Å²) in [5.41, 5.74) is 5.36. The molecule has 1 aliphatic rings. The van der Waals surface area contributed by atoms with E-state index >= 15 is 0 Å². The van der Waals surface area contributed by atoms with E-state index in [-0.39, 0.29) is 0 Å². The normalized spacial score (nSPS) is 23.0. The Morgan fingerprint density at radius 2 is 2.44 bits per heavy atom. The van der Waals surface area contributed by atoms with Crippen LogP contribution in [0.4, 0.5) is 11.5 Å². The van der Waals surface area contributed by atoms with Crippen LogP contribution in [0.5, 0.6) is 5.88 Å². The Labute approximate surface area is 105 Å². The molecule has 0 aromatic carbocycles. The third kappa shape index (κ3) is 2.80. The molecule has 7 nitrogen and oxygen atoms in total. The lowest BCUT2D eigenvalue weighted by molar-refractivity contribution is 0.0381. The summed E-state index contributed by atoms with van der Waals surface area (Å²) in [4.78, 5) is 7.97. The van der Waals surface area contributed by atoms with Crippen LogP contribution in [0.15, 0.2) is 6.33 Å². The highest BCUT2D eigenvalue weighted by atomic mass is 16.5. The topological polar surface area (TPSA) is 103 Å². The highest BCUT2D eigenvalue weighted by Gasteiger charge is 2.32. The Morgan fingerprint density at radius 1 is 1.61 bits per heavy atom. The first-order valence-electron chi connectivity index (χ1n) is 5.92. The standard InChI is InChI=1S/C11H18N4O3/c1-2-18-10-8(12)9(14-7-15-10)13-5-11(16)3-4-17-6-11/h7,16H,2-6,12H2,1H3,(H,13,14,15). The maximum Gasteiger partial charge on any atom is 0.242 e. The predicted octanol–water partition coefficient (Wildman–Crippen LogP) is 0.0208. The minimum absolute atomic E-state index is 0.323. The number of ether oxygens (including phenoxy) is 2. The Hall–Kier alpha value is -1.60. The molecule has 2 heterocycles. The molecule has 1 fully saturated rings. The molecule has 0 spiro atoms. The minimum Gasteiger partial charge on any atom is -0.476 e. The van der Waals surface area contributed by atoms with E-state index in [1.807, 2.05) is 6.92 Å². The SMILES string of the molecule is CCOc1ncnc(NCC2(O)CCOC2)c1N. The second kappa shape index (κ2) is 5.36. The van der Waals surface area contributed by atoms with Crippen molar-refractivity contribution in [3.63, 3.8) is 0 Å². The van der Waals surface area contributed by atoms with Crippen LogP contribution in [0, 0.1) is 0 Å². The molecule has 1 aliphatic heterocycles. The number of nitrogens with zero attached hydrogens (tertiary/aromatic N) is 2. The predicted molar refractivity (Wildman–Crippen MR) is 66.5 cm³/mol. The minimum atomic E-state index is -0.858. The number of hydrogen-bond donors (Lipinski definition) is 3. The van der Waals surface area contributed by atoms with Gasteiger partial charge in [0.2, 0.25) is 5.88 Å². The average molecular weight is 254 g/mol. The molecule has 2 rings (SSSR count). The van der Waals surface area contributed by atoms with Crippen LogP contribution in [0.2, 0.25) is 0 Å². The van der Waals surface area contributed by atoms with Crippen LogP contribution in [0.1, 0.15) is 13.3 Å². The molecule has 0 aliphatic carbocycles. The van der Waals surface area contributed by atoms with E-state index in [9.17, 15) is 5.11 Å². The molecule has 1 saturated heterocycles. The molecule has 1 aromatic heterocycles. The van der Waals surface area contributed by atoms with Gasteiger partial charge >= 0.3 is 0 Å². The van der Waals surface area contributed by atoms with Gasteiger partial charge in [-0.1, -0.05) is 0 Å². The number of anilines is 2. The zero-order chi connectivity index (χ0) is 13.0. The molecule has 0 bridgehead atoms. The molecule has 0 amide bonds. The maximum absolute atomic E-state index is 10.1. The Balaban J connectivity index is 2.02. The number of nitrogens with two attached hydrogens (primary N) is 1. The van der Waals surface area contributed by atoms with Gasteiger partial charge in [0, 0.05) is 19.6 Å². The third-order valence-electron chi connectivity index (χ3n) is 2.80. The first kappa shape index (κ1) is 12.8. The monoisotopic (exact) mass is 254 g/mol. The average Bonchev–Trinajstić information content (AvgIpc) is 2.78. The summed E-state index contributed by atoms with van der Waals surface area (Å²) in [6, 6.07) is 0. The van der Waals surface area contributed by atoms with E-state index in [1.165, 1.54) is 6.33 Å². The summed E-state index contributed by atoms with van der Waals surface area (Å²) < 4.78 is 10.4. The number of aliphatic hydroxyl groups is 1. The Kier molecular flexibility index (Phi) is 3.83. The van der Waals surface area contributed by atoms with Gasteiger partial charge in [0.05, 0.1) is 13.2 Å². The molecule has 1 atom stereocenters. The largest absolute Gasteiger partial charge is 0.476 e. The highest BCUT2D eigenvalue weighted by Crippen LogP contribution is 2.26. The zero-order valence-corrected chi connectivity index (χ0v) is 10.3. The van der Waals surface area contributed by atoms with Gasteiger partial charge in [-0.25, -0.2) is 4.98 Å². The van der Waals surface area contributed by atoms with Crippen LogP contribution in [0.3, 0.4) is 0 Å². The fourth-order valence-electron chi connectivity index (χ4n) is 1.76. The Morgan fingerprint density at radius 3 is 3.11 bits per heavy atom. The molecule has 7 heteroatoms. The molecule has 0 radical (unpaired) electrons. The van der Waals surface area contributed by atoms with Crippen molar-refractivity contribution in [3.05, 3.63) is 6.33 Å². The van der Waals surface area contributed by atoms with E-state index in [0.717, 1.165) is 0 Å². The van der Waals surface area contributed by atoms with Crippen molar-refractivity contribution < 1.29 is 14.6 Å². The summed E-state index contributed by atoms with van der Waals surface area (Å²) in [5.74, 6) is 0.818. The highest BCUT2D eigenvalue weighted by molar-refractivity contribution is 5.66. The molecular formula is C11H18N4O3. The Bertz CT molecular complexity index is 407. The van der Waals surface area contributed by atoms with Crippen LogP contribution in [-0.2, 0) is 4.74 Å². The molecule has 4 N–H and O–H groups in total. The summed E-state index contributed by atoms with van der Waals surface area (Å²) >= 11 is 0. The molecule has 1 aromatic rings. The van der Waals surface area contributed by atoms with Crippen molar-refractivity contribution in [2.24, 2.45) is 0 Å². The summed E-state index contributed by atoms with van der Waals surface area (Å²) in [5, 5.41) is 13.1. The number of nitrogen functional groups attached to an aromatic ring is 1. The number of aromatic nitrogens is 2. The lowest BCUT2D eigenvalue weighted by Crippen LogP contribution is -2.37. The fourth-order valence-corrected chi connectivity index (χ4v) is 1.76. The molecule has 1 unspecified atom stereocenters. The van der Waals surface area contributed by atoms with Gasteiger partial charge in [-0.05, 0) is 6.92 Å². The van der Waals surface area contributed by atoms with Gasteiger partial charge in [0.25, 0.3) is 0 Å². The van der Waals surface area contributed by atoms with Gasteiger partial charge in [0.15, 0.2) is 5.82 Å². The molecule has 100 valence electrons. The van der Waals surface area contributed by atoms with Crippen molar-refractivity contribution in [2.75, 3.05) is 37.4 Å². The fraction of sp³-hybridized carbons (Fsp3) is 0.636. The first-order chi connectivity index (χ1) is 8.64. The van der Waals surface area contributed by atoms with Crippen LogP contribution >= 0.6 is 0 Å². The molecule has 0 saturated carbocycles. The van der Waals surface area contributed by atoms with E-state index in [1.54, 1.807) is 0 Å². The van der Waals surface area contributed by atoms with Gasteiger partial charge in [0.1, 0.15) is 17.6 Å². The lowest BCUT2D eigenvalue weighted by atomic mass is 10.0. The summed E-state index contributed by atoms with van der Waals surface area (Å²) in [7, 11) is 0. The maximum atomic E-state index is 10.1. The van der Waals surface area contributed by atoms with Crippen LogP contribution in [0.25, 0.3) is 0 Å². The van der Waals surface area contributed by atoms with Crippen molar-refractivity contribution in [3.8, 4) is 5.88 Å². The van der Waals surface area contributed by atoms with Crippen molar-refractivity contribution in [2.45, 2.75) is 18.9 Å². The van der Waals surface area contributed by atoms with Crippen molar-refractivity contribution >= 4 is 11.5 Å². The van der Waals surface area contributed by atoms with Crippen molar-refractivity contribution in [1.29, 1.82) is 0 Å². The third-order valence-corrected chi connectivity index (χ3v) is 2.80. The van der Waals surface area contributed by atoms with Gasteiger partial charge < -0.3 is 25.6 Å². The zero-order valence-electron chi connectivity index (χ0n) is 10.3. The van der Waals surface area contributed by atoms with E-state index in [2.05, 4.69) is 15.3 Å². The lowest BCUT2D eigenvalue weighted by Gasteiger charge is -2.21. The second-order valence-corrected chi connectivity index (χ2v) is 4.25. The molecular weight excluding hydrogens is 236 g/mol. The quantitative estimate of drug-likeness (QED) is 0.680. The molecule has 18 heavy (non-hydrogen) atoms. The van der Waals surface area contributed by atoms with Crippen molar-refractivity contribution in [1.82, 2.24) is 9.97 Å². The van der Waals surface area contributed by atoms with Gasteiger partial charge in [-0.15, -0.1) is 0 Å². The van der Waals surface area contributed by atoms with E-state index in [0.29, 0.717) is 50.2 Å². The summed E-state index contributed by atoms with van der Waals surface area (Å²) in [6.07, 6.45) is 1.97.